The Bertz CT molecular complexity index is 79.6. The molecule has 4 nitrogen and oxygen atoms in total. The van der Waals surface area contributed by atoms with Crippen LogP contribution in [0.15, 0.2) is 0 Å². The van der Waals surface area contributed by atoms with Gasteiger partial charge in [-0.2, -0.15) is 0 Å². The fraction of sp³-hybridized carbons (Fsp3) is 1.00. The van der Waals surface area contributed by atoms with Crippen LogP contribution in [0.1, 0.15) is 32.6 Å². The van der Waals surface area contributed by atoms with Crippen LogP contribution in [-0.4, -0.2) is 27.1 Å². The second kappa shape index (κ2) is 4.62. The van der Waals surface area contributed by atoms with Gasteiger partial charge in [-0.15, -0.1) is 15.6 Å². The average molecular weight is 150 g/mol. The van der Waals surface area contributed by atoms with E-state index < -0.39 is 4.97 Å². The Morgan fingerprint density at radius 2 is 1.60 bits per heavy atom. The van der Waals surface area contributed by atoms with E-state index in [-0.39, 0.29) is 6.54 Å². The normalized spacial score (nSPS) is 12.0. The fourth-order valence-electron chi connectivity index (χ4n) is 0.751. The number of nitrogens with zero attached hydrogens (tertiary/aromatic N) is 1. The summed E-state index contributed by atoms with van der Waals surface area (Å²) in [7, 11) is 0. The number of hydroxylamine groups is 3. The standard InChI is InChI=1S/C6H16NO3/c1-2-3-4-5-6-7(8,9)10/h8-10H,2-6H2,1H3/q+1. The van der Waals surface area contributed by atoms with Crippen LogP contribution in [0.3, 0.4) is 0 Å². The molecular formula is C6H16NO3+. The molecule has 0 bridgehead atoms. The smallest absolute Gasteiger partial charge is 0.146 e. The summed E-state index contributed by atoms with van der Waals surface area (Å²) in [5.74, 6) is 0. The molecule has 0 spiro atoms. The maximum Gasteiger partial charge on any atom is 0.177 e. The lowest BCUT2D eigenvalue weighted by atomic mass is 10.2. The Kier molecular flexibility index (Phi) is 4.55. The van der Waals surface area contributed by atoms with Crippen LogP contribution in [0.4, 0.5) is 0 Å². The second-order valence-electron chi connectivity index (χ2n) is 2.48. The minimum atomic E-state index is -1.89. The van der Waals surface area contributed by atoms with Crippen LogP contribution in [-0.2, 0) is 0 Å². The molecule has 10 heavy (non-hydrogen) atoms. The highest BCUT2D eigenvalue weighted by molar-refractivity contribution is 4.36. The lowest BCUT2D eigenvalue weighted by molar-refractivity contribution is -1.37. The minimum Gasteiger partial charge on any atom is -0.146 e. The largest absolute Gasteiger partial charge is 0.177 e. The van der Waals surface area contributed by atoms with Crippen LogP contribution < -0.4 is 0 Å². The molecule has 3 N–H and O–H groups in total. The molecule has 0 amide bonds. The molecule has 0 aliphatic rings. The molecule has 0 aromatic rings. The van der Waals surface area contributed by atoms with E-state index in [4.69, 9.17) is 15.6 Å². The molecule has 0 heterocycles. The zero-order valence-electron chi connectivity index (χ0n) is 6.32. The van der Waals surface area contributed by atoms with Gasteiger partial charge < -0.3 is 0 Å². The van der Waals surface area contributed by atoms with Crippen LogP contribution >= 0.6 is 0 Å². The molecule has 0 fully saturated rings. The van der Waals surface area contributed by atoms with E-state index >= 15 is 0 Å². The summed E-state index contributed by atoms with van der Waals surface area (Å²) in [5, 5.41) is 25.1. The predicted octanol–water partition coefficient (Wildman–Crippen LogP) is 1.55. The van der Waals surface area contributed by atoms with Crippen molar-refractivity contribution >= 4 is 0 Å². The SMILES string of the molecule is CCCCCC[N+](O)(O)O. The molecular weight excluding hydrogens is 134 g/mol. The highest BCUT2D eigenvalue weighted by atomic mass is 17.1. The first kappa shape index (κ1) is 9.84. The Hall–Kier alpha value is -0.160. The van der Waals surface area contributed by atoms with Crippen LogP contribution in [0.5, 0.6) is 0 Å². The molecule has 0 aliphatic carbocycles. The third kappa shape index (κ3) is 7.84. The molecule has 0 aromatic carbocycles. The predicted molar refractivity (Wildman–Crippen MR) is 34.6 cm³/mol. The van der Waals surface area contributed by atoms with Gasteiger partial charge in [-0.25, -0.2) is 0 Å². The number of rotatable bonds is 5. The van der Waals surface area contributed by atoms with E-state index in [1.54, 1.807) is 0 Å². The van der Waals surface area contributed by atoms with Crippen molar-refractivity contribution in [3.8, 4) is 0 Å². The van der Waals surface area contributed by atoms with E-state index in [9.17, 15) is 0 Å². The van der Waals surface area contributed by atoms with E-state index in [0.717, 1.165) is 19.3 Å². The van der Waals surface area contributed by atoms with Crippen molar-refractivity contribution in [1.29, 1.82) is 0 Å². The summed E-state index contributed by atoms with van der Waals surface area (Å²) in [6, 6.07) is 0. The fourth-order valence-corrected chi connectivity index (χ4v) is 0.751. The number of quaternary nitrogens is 1. The Labute approximate surface area is 60.8 Å². The topological polar surface area (TPSA) is 60.7 Å². The lowest BCUT2D eigenvalue weighted by Crippen LogP contribution is -2.37. The van der Waals surface area contributed by atoms with Gasteiger partial charge in [0.15, 0.2) is 6.54 Å². The Morgan fingerprint density at radius 1 is 1.00 bits per heavy atom. The van der Waals surface area contributed by atoms with E-state index in [1.165, 1.54) is 0 Å². The van der Waals surface area contributed by atoms with Crippen LogP contribution in [0, 0.1) is 0 Å². The van der Waals surface area contributed by atoms with Crippen molar-refractivity contribution < 1.29 is 20.6 Å². The Balaban J connectivity index is 3.04. The van der Waals surface area contributed by atoms with Gasteiger partial charge in [0.1, 0.15) is 0 Å². The van der Waals surface area contributed by atoms with Crippen molar-refractivity contribution in [3.05, 3.63) is 0 Å². The van der Waals surface area contributed by atoms with Crippen molar-refractivity contribution in [3.63, 3.8) is 0 Å². The second-order valence-corrected chi connectivity index (χ2v) is 2.48. The zero-order valence-corrected chi connectivity index (χ0v) is 6.32. The molecule has 0 aliphatic heterocycles. The molecule has 62 valence electrons. The molecule has 0 rings (SSSR count). The molecule has 0 aromatic heterocycles. The highest BCUT2D eigenvalue weighted by Gasteiger charge is 2.16. The van der Waals surface area contributed by atoms with Gasteiger partial charge >= 0.3 is 0 Å². The number of hydrogen-bond donors (Lipinski definition) is 3. The van der Waals surface area contributed by atoms with Crippen molar-refractivity contribution in [2.45, 2.75) is 32.6 Å². The van der Waals surface area contributed by atoms with Gasteiger partial charge in [-0.05, 0) is 6.42 Å². The first-order valence-corrected chi connectivity index (χ1v) is 3.62. The molecule has 0 unspecified atom stereocenters. The molecule has 0 saturated heterocycles. The summed E-state index contributed by atoms with van der Waals surface area (Å²) in [6.07, 6.45) is 3.73. The summed E-state index contributed by atoms with van der Waals surface area (Å²) >= 11 is 0. The third-order valence-electron chi connectivity index (χ3n) is 1.31. The summed E-state index contributed by atoms with van der Waals surface area (Å²) < 4.78 is 0. The van der Waals surface area contributed by atoms with Crippen molar-refractivity contribution in [2.75, 3.05) is 6.54 Å². The Morgan fingerprint density at radius 3 is 2.00 bits per heavy atom. The van der Waals surface area contributed by atoms with Gasteiger partial charge in [-0.1, -0.05) is 19.8 Å². The van der Waals surface area contributed by atoms with E-state index in [0.29, 0.717) is 6.42 Å². The maximum atomic E-state index is 8.37. The molecule has 0 saturated carbocycles. The van der Waals surface area contributed by atoms with Gasteiger partial charge in [0, 0.05) is 6.42 Å². The summed E-state index contributed by atoms with van der Waals surface area (Å²) in [5.41, 5.74) is 0. The molecule has 4 heteroatoms. The van der Waals surface area contributed by atoms with Crippen LogP contribution in [0.25, 0.3) is 0 Å². The number of hydrogen-bond acceptors (Lipinski definition) is 3. The van der Waals surface area contributed by atoms with Gasteiger partial charge in [0.25, 0.3) is 0 Å². The summed E-state index contributed by atoms with van der Waals surface area (Å²) in [6.45, 7) is 2.05. The third-order valence-corrected chi connectivity index (χ3v) is 1.31. The quantitative estimate of drug-likeness (QED) is 0.316. The average Bonchev–Trinajstić information content (AvgIpc) is 1.78. The van der Waals surface area contributed by atoms with Crippen molar-refractivity contribution in [1.82, 2.24) is 0 Å². The first-order chi connectivity index (χ1) is 4.56. The molecule has 0 radical (unpaired) electrons. The van der Waals surface area contributed by atoms with Crippen LogP contribution in [0.2, 0.25) is 0 Å². The van der Waals surface area contributed by atoms with E-state index in [2.05, 4.69) is 6.92 Å². The number of unbranched alkanes of at least 4 members (excludes halogenated alkanes) is 3. The first-order valence-electron chi connectivity index (χ1n) is 3.62. The van der Waals surface area contributed by atoms with E-state index in [1.807, 2.05) is 0 Å². The highest BCUT2D eigenvalue weighted by Crippen LogP contribution is 2.01. The minimum absolute atomic E-state index is 0.0139. The zero-order chi connectivity index (χ0) is 8.04. The van der Waals surface area contributed by atoms with Gasteiger partial charge in [0.2, 0.25) is 0 Å². The van der Waals surface area contributed by atoms with Gasteiger partial charge in [-0.3, -0.25) is 0 Å². The monoisotopic (exact) mass is 150 g/mol. The van der Waals surface area contributed by atoms with Crippen molar-refractivity contribution in [2.24, 2.45) is 0 Å². The lowest BCUT2D eigenvalue weighted by Gasteiger charge is -2.10. The maximum absolute atomic E-state index is 8.37. The molecule has 0 atom stereocenters. The summed E-state index contributed by atoms with van der Waals surface area (Å²) in [4.78, 5) is -1.89. The van der Waals surface area contributed by atoms with Gasteiger partial charge in [0.05, 0.1) is 4.97 Å².